The van der Waals surface area contributed by atoms with Gasteiger partial charge in [0, 0.05) is 13.0 Å². The lowest BCUT2D eigenvalue weighted by Gasteiger charge is -2.22. The van der Waals surface area contributed by atoms with Gasteiger partial charge in [0.1, 0.15) is 5.82 Å². The second kappa shape index (κ2) is 2.34. The van der Waals surface area contributed by atoms with Crippen LogP contribution in [0, 0.1) is 5.41 Å². The number of aryl methyl sites for hydroxylation is 1. The van der Waals surface area contributed by atoms with Crippen LogP contribution >= 0.6 is 0 Å². The molecular formula is C9H11N3O2. The van der Waals surface area contributed by atoms with Crippen LogP contribution in [0.1, 0.15) is 35.7 Å². The number of carboxylic acids is 1. The summed E-state index contributed by atoms with van der Waals surface area (Å²) in [7, 11) is 0. The SMILES string of the molecule is O=C(O)c1nnc2n1CC1(CC2)CC1. The highest BCUT2D eigenvalue weighted by atomic mass is 16.4. The highest BCUT2D eigenvalue weighted by molar-refractivity contribution is 5.83. The summed E-state index contributed by atoms with van der Waals surface area (Å²) in [5, 5.41) is 16.5. The second-order valence-electron chi connectivity index (χ2n) is 4.33. The number of aromatic carboxylic acids is 1. The molecule has 0 amide bonds. The highest BCUT2D eigenvalue weighted by Gasteiger charge is 2.46. The van der Waals surface area contributed by atoms with Gasteiger partial charge in [-0.2, -0.15) is 0 Å². The van der Waals surface area contributed by atoms with E-state index in [0.29, 0.717) is 5.41 Å². The zero-order valence-electron chi connectivity index (χ0n) is 7.73. The van der Waals surface area contributed by atoms with E-state index in [0.717, 1.165) is 25.2 Å². The minimum atomic E-state index is -0.971. The van der Waals surface area contributed by atoms with Crippen LogP contribution in [0.5, 0.6) is 0 Å². The van der Waals surface area contributed by atoms with Crippen LogP contribution in [-0.4, -0.2) is 25.8 Å². The number of rotatable bonds is 1. The molecule has 1 aliphatic carbocycles. The predicted octanol–water partition coefficient (Wildman–Crippen LogP) is 0.703. The molecule has 1 N–H and O–H groups in total. The average Bonchev–Trinajstić information content (AvgIpc) is 2.77. The molecule has 5 nitrogen and oxygen atoms in total. The molecule has 0 radical (unpaired) electrons. The molecule has 0 unspecified atom stereocenters. The van der Waals surface area contributed by atoms with E-state index in [9.17, 15) is 4.79 Å². The molecule has 3 rings (SSSR count). The minimum absolute atomic E-state index is 0.103. The van der Waals surface area contributed by atoms with Crippen LogP contribution < -0.4 is 0 Å². The van der Waals surface area contributed by atoms with Crippen molar-refractivity contribution in [3.63, 3.8) is 0 Å². The number of fused-ring (bicyclic) bond motifs is 1. The molecular weight excluding hydrogens is 182 g/mol. The number of carbonyl (C=O) groups is 1. The van der Waals surface area contributed by atoms with Gasteiger partial charge in [-0.1, -0.05) is 0 Å². The monoisotopic (exact) mass is 193 g/mol. The Kier molecular flexibility index (Phi) is 1.33. The third-order valence-corrected chi connectivity index (χ3v) is 3.35. The third-order valence-electron chi connectivity index (χ3n) is 3.35. The van der Waals surface area contributed by atoms with E-state index < -0.39 is 5.97 Å². The molecule has 1 fully saturated rings. The molecule has 0 bridgehead atoms. The van der Waals surface area contributed by atoms with Gasteiger partial charge in [0.25, 0.3) is 0 Å². The van der Waals surface area contributed by atoms with Crippen molar-refractivity contribution < 1.29 is 9.90 Å². The van der Waals surface area contributed by atoms with Crippen molar-refractivity contribution in [2.45, 2.75) is 32.2 Å². The molecule has 0 aromatic carbocycles. The van der Waals surface area contributed by atoms with E-state index in [1.54, 1.807) is 4.57 Å². The number of nitrogens with zero attached hydrogens (tertiary/aromatic N) is 3. The molecule has 1 aromatic heterocycles. The van der Waals surface area contributed by atoms with Crippen molar-refractivity contribution in [2.24, 2.45) is 5.41 Å². The van der Waals surface area contributed by atoms with Gasteiger partial charge in [-0.3, -0.25) is 0 Å². The Balaban J connectivity index is 2.03. The van der Waals surface area contributed by atoms with Crippen molar-refractivity contribution in [3.8, 4) is 0 Å². The fourth-order valence-electron chi connectivity index (χ4n) is 2.22. The van der Waals surface area contributed by atoms with Gasteiger partial charge >= 0.3 is 5.97 Å². The Bertz CT molecular complexity index is 406. The van der Waals surface area contributed by atoms with Crippen LogP contribution in [0.15, 0.2) is 0 Å². The number of hydrogen-bond donors (Lipinski definition) is 1. The van der Waals surface area contributed by atoms with Gasteiger partial charge in [-0.05, 0) is 24.7 Å². The third kappa shape index (κ3) is 0.981. The summed E-state index contributed by atoms with van der Waals surface area (Å²) in [5.74, 6) is -0.0349. The normalized spacial score (nSPS) is 22.0. The minimum Gasteiger partial charge on any atom is -0.475 e. The smallest absolute Gasteiger partial charge is 0.374 e. The first-order valence-corrected chi connectivity index (χ1v) is 4.86. The van der Waals surface area contributed by atoms with Crippen LogP contribution in [0.3, 0.4) is 0 Å². The lowest BCUT2D eigenvalue weighted by molar-refractivity contribution is 0.0674. The van der Waals surface area contributed by atoms with Crippen LogP contribution in [-0.2, 0) is 13.0 Å². The number of hydrogen-bond acceptors (Lipinski definition) is 3. The van der Waals surface area contributed by atoms with E-state index in [1.165, 1.54) is 12.8 Å². The van der Waals surface area contributed by atoms with Crippen LogP contribution in [0.25, 0.3) is 0 Å². The molecule has 5 heteroatoms. The molecule has 1 spiro atoms. The zero-order chi connectivity index (χ0) is 9.76. The molecule has 0 saturated heterocycles. The predicted molar refractivity (Wildman–Crippen MR) is 47.0 cm³/mol. The average molecular weight is 193 g/mol. The van der Waals surface area contributed by atoms with Crippen molar-refractivity contribution in [3.05, 3.63) is 11.6 Å². The van der Waals surface area contributed by atoms with Crippen molar-refractivity contribution in [1.29, 1.82) is 0 Å². The zero-order valence-corrected chi connectivity index (χ0v) is 7.73. The van der Waals surface area contributed by atoms with Gasteiger partial charge < -0.3 is 9.67 Å². The van der Waals surface area contributed by atoms with Gasteiger partial charge in [-0.15, -0.1) is 10.2 Å². The van der Waals surface area contributed by atoms with E-state index >= 15 is 0 Å². The Labute approximate surface area is 80.8 Å². The van der Waals surface area contributed by atoms with Crippen molar-refractivity contribution in [1.82, 2.24) is 14.8 Å². The van der Waals surface area contributed by atoms with Crippen LogP contribution in [0.2, 0.25) is 0 Å². The maximum atomic E-state index is 10.8. The Hall–Kier alpha value is -1.39. The molecule has 1 aromatic rings. The topological polar surface area (TPSA) is 68.0 Å². The first kappa shape index (κ1) is 7.96. The fraction of sp³-hybridized carbons (Fsp3) is 0.667. The lowest BCUT2D eigenvalue weighted by atomic mass is 9.96. The quantitative estimate of drug-likeness (QED) is 0.713. The summed E-state index contributed by atoms with van der Waals surface area (Å²) in [6.45, 7) is 0.803. The Morgan fingerprint density at radius 1 is 1.36 bits per heavy atom. The molecule has 1 aliphatic heterocycles. The maximum absolute atomic E-state index is 10.8. The first-order chi connectivity index (χ1) is 6.70. The summed E-state index contributed by atoms with van der Waals surface area (Å²) in [6, 6.07) is 0. The summed E-state index contributed by atoms with van der Waals surface area (Å²) in [6.07, 6.45) is 4.47. The van der Waals surface area contributed by atoms with E-state index in [1.807, 2.05) is 0 Å². The summed E-state index contributed by atoms with van der Waals surface area (Å²) >= 11 is 0. The Morgan fingerprint density at radius 2 is 2.14 bits per heavy atom. The van der Waals surface area contributed by atoms with Gasteiger partial charge in [0.15, 0.2) is 0 Å². The molecule has 1 saturated carbocycles. The fourth-order valence-corrected chi connectivity index (χ4v) is 2.22. The van der Waals surface area contributed by atoms with Crippen LogP contribution in [0.4, 0.5) is 0 Å². The molecule has 74 valence electrons. The maximum Gasteiger partial charge on any atom is 0.374 e. The highest BCUT2D eigenvalue weighted by Crippen LogP contribution is 2.52. The van der Waals surface area contributed by atoms with Gasteiger partial charge in [0.2, 0.25) is 5.82 Å². The largest absolute Gasteiger partial charge is 0.475 e. The van der Waals surface area contributed by atoms with Gasteiger partial charge in [-0.25, -0.2) is 4.79 Å². The van der Waals surface area contributed by atoms with E-state index in [-0.39, 0.29) is 5.82 Å². The van der Waals surface area contributed by atoms with Gasteiger partial charge in [0.05, 0.1) is 0 Å². The lowest BCUT2D eigenvalue weighted by Crippen LogP contribution is -2.24. The van der Waals surface area contributed by atoms with E-state index in [2.05, 4.69) is 10.2 Å². The summed E-state index contributed by atoms with van der Waals surface area (Å²) in [5.41, 5.74) is 0.388. The van der Waals surface area contributed by atoms with Crippen molar-refractivity contribution >= 4 is 5.97 Å². The van der Waals surface area contributed by atoms with Crippen molar-refractivity contribution in [2.75, 3.05) is 0 Å². The second-order valence-corrected chi connectivity index (χ2v) is 4.33. The summed E-state index contributed by atoms with van der Waals surface area (Å²) < 4.78 is 1.78. The molecule has 0 atom stereocenters. The molecule has 14 heavy (non-hydrogen) atoms. The standard InChI is InChI=1S/C9H11N3O2/c13-8(14)7-11-10-6-1-2-9(3-4-9)5-12(6)7/h1-5H2,(H,13,14). The first-order valence-electron chi connectivity index (χ1n) is 4.86. The number of aromatic nitrogens is 3. The summed E-state index contributed by atoms with van der Waals surface area (Å²) in [4.78, 5) is 10.8. The number of carboxylic acid groups (broad SMARTS) is 1. The van der Waals surface area contributed by atoms with E-state index in [4.69, 9.17) is 5.11 Å². The molecule has 2 heterocycles. The Morgan fingerprint density at radius 3 is 2.79 bits per heavy atom. The molecule has 2 aliphatic rings.